The summed E-state index contributed by atoms with van der Waals surface area (Å²) in [5.41, 5.74) is -0.487. The highest BCUT2D eigenvalue weighted by atomic mass is 35.5. The summed E-state index contributed by atoms with van der Waals surface area (Å²) in [5.74, 6) is 0.949. The lowest BCUT2D eigenvalue weighted by atomic mass is 10.3. The molecule has 0 fully saturated rings. The molecule has 0 aliphatic heterocycles. The number of nitrogens with one attached hydrogen (secondary N) is 1. The van der Waals surface area contributed by atoms with E-state index in [-0.39, 0.29) is 24.3 Å². The van der Waals surface area contributed by atoms with E-state index < -0.39 is 17.4 Å². The maximum Gasteiger partial charge on any atom is 0.332 e. The minimum absolute atomic E-state index is 0.00347. The Hall–Kier alpha value is -2.82. The van der Waals surface area contributed by atoms with E-state index in [4.69, 9.17) is 21.1 Å². The average molecular weight is 452 g/mol. The highest BCUT2D eigenvalue weighted by Crippen LogP contribution is 2.18. The van der Waals surface area contributed by atoms with Gasteiger partial charge >= 0.3 is 5.69 Å². The van der Waals surface area contributed by atoms with E-state index >= 15 is 0 Å². The van der Waals surface area contributed by atoms with Crippen molar-refractivity contribution >= 4 is 28.7 Å². The van der Waals surface area contributed by atoms with Gasteiger partial charge in [0.05, 0.1) is 6.54 Å². The van der Waals surface area contributed by atoms with Gasteiger partial charge in [0.15, 0.2) is 11.2 Å². The number of hydrogen-bond donors (Lipinski definition) is 2. The number of nitrogens with zero attached hydrogens (tertiary/aromatic N) is 4. The van der Waals surface area contributed by atoms with Crippen LogP contribution >= 0.6 is 11.6 Å². The summed E-state index contributed by atoms with van der Waals surface area (Å²) in [5, 5.41) is 14.3. The van der Waals surface area contributed by atoms with Gasteiger partial charge in [0, 0.05) is 39.4 Å². The number of anilines is 1. The maximum atomic E-state index is 12.8. The second kappa shape index (κ2) is 9.99. The molecule has 1 aromatic carbocycles. The minimum atomic E-state index is -0.936. The van der Waals surface area contributed by atoms with Crippen molar-refractivity contribution in [2.75, 3.05) is 32.2 Å². The summed E-state index contributed by atoms with van der Waals surface area (Å²) >= 11 is 5.87. The third-order valence-electron chi connectivity index (χ3n) is 4.81. The summed E-state index contributed by atoms with van der Waals surface area (Å²) in [6, 6.07) is 6.80. The van der Waals surface area contributed by atoms with Gasteiger partial charge in [0.2, 0.25) is 5.95 Å². The molecule has 2 N–H and O–H groups in total. The Kier molecular flexibility index (Phi) is 7.37. The van der Waals surface area contributed by atoms with Crippen LogP contribution in [0.1, 0.15) is 6.42 Å². The first kappa shape index (κ1) is 22.9. The third kappa shape index (κ3) is 5.09. The molecule has 2 aromatic heterocycles. The average Bonchev–Trinajstić information content (AvgIpc) is 3.11. The molecule has 3 rings (SSSR count). The standard InChI is InChI=1S/C20H26ClN5O5/c1-24-17-16(18(28)25(2)20(24)29)26(19(23-17)22-9-4-10-30-3)11-14(27)12-31-15-7-5-13(21)6-8-15/h5-8,14,27H,4,9-12H2,1-3H3,(H,22,23)/t14-/m0/s1. The topological polar surface area (TPSA) is 113 Å². The number of aliphatic hydroxyl groups excluding tert-OH is 1. The number of ether oxygens (including phenoxy) is 2. The molecular weight excluding hydrogens is 426 g/mol. The number of aliphatic hydroxyl groups is 1. The quantitative estimate of drug-likeness (QED) is 0.442. The summed E-state index contributed by atoms with van der Waals surface area (Å²) in [4.78, 5) is 29.6. The van der Waals surface area contributed by atoms with Gasteiger partial charge in [0.25, 0.3) is 5.56 Å². The first-order valence-corrected chi connectivity index (χ1v) is 10.2. The van der Waals surface area contributed by atoms with E-state index in [0.717, 1.165) is 11.0 Å². The molecule has 0 amide bonds. The van der Waals surface area contributed by atoms with Crippen LogP contribution in [0.25, 0.3) is 11.2 Å². The predicted octanol–water partition coefficient (Wildman–Crippen LogP) is 0.975. The van der Waals surface area contributed by atoms with Crippen LogP contribution in [0.5, 0.6) is 5.75 Å². The fourth-order valence-electron chi connectivity index (χ4n) is 3.16. The van der Waals surface area contributed by atoms with E-state index in [0.29, 0.717) is 29.9 Å². The fraction of sp³-hybridized carbons (Fsp3) is 0.450. The van der Waals surface area contributed by atoms with E-state index in [2.05, 4.69) is 10.3 Å². The monoisotopic (exact) mass is 451 g/mol. The summed E-state index contributed by atoms with van der Waals surface area (Å²) in [7, 11) is 4.58. The Morgan fingerprint density at radius 1 is 1.19 bits per heavy atom. The van der Waals surface area contributed by atoms with Crippen LogP contribution in [0.2, 0.25) is 5.02 Å². The molecule has 168 valence electrons. The third-order valence-corrected chi connectivity index (χ3v) is 5.06. The largest absolute Gasteiger partial charge is 0.491 e. The highest BCUT2D eigenvalue weighted by Gasteiger charge is 2.21. The molecule has 11 heteroatoms. The Balaban J connectivity index is 1.89. The zero-order valence-corrected chi connectivity index (χ0v) is 18.4. The van der Waals surface area contributed by atoms with Crippen LogP contribution in [0, 0.1) is 0 Å². The smallest absolute Gasteiger partial charge is 0.332 e. The molecular formula is C20H26ClN5O5. The van der Waals surface area contributed by atoms with Crippen LogP contribution in [-0.2, 0) is 25.4 Å². The number of hydrogen-bond acceptors (Lipinski definition) is 7. The number of imidazole rings is 1. The van der Waals surface area contributed by atoms with Gasteiger partial charge in [0.1, 0.15) is 18.5 Å². The summed E-state index contributed by atoms with van der Waals surface area (Å²) < 4.78 is 14.6. The van der Waals surface area contributed by atoms with Crippen LogP contribution in [0.3, 0.4) is 0 Å². The van der Waals surface area contributed by atoms with Gasteiger partial charge in [-0.3, -0.25) is 13.9 Å². The Bertz CT molecular complexity index is 1150. The van der Waals surface area contributed by atoms with Crippen molar-refractivity contribution in [1.29, 1.82) is 0 Å². The second-order valence-electron chi connectivity index (χ2n) is 7.12. The molecule has 0 spiro atoms. The van der Waals surface area contributed by atoms with Crippen molar-refractivity contribution in [3.05, 3.63) is 50.1 Å². The minimum Gasteiger partial charge on any atom is -0.491 e. The molecule has 0 aliphatic carbocycles. The molecule has 0 saturated carbocycles. The molecule has 3 aromatic rings. The second-order valence-corrected chi connectivity index (χ2v) is 7.55. The Morgan fingerprint density at radius 2 is 1.90 bits per heavy atom. The SMILES string of the molecule is COCCCNc1nc2c(c(=O)n(C)c(=O)n2C)n1C[C@H](O)COc1ccc(Cl)cc1. The number of aromatic nitrogens is 4. The number of methoxy groups -OCH3 is 1. The van der Waals surface area contributed by atoms with Crippen molar-refractivity contribution in [2.45, 2.75) is 19.1 Å². The van der Waals surface area contributed by atoms with E-state index in [9.17, 15) is 14.7 Å². The van der Waals surface area contributed by atoms with E-state index in [1.54, 1.807) is 43.0 Å². The van der Waals surface area contributed by atoms with Gasteiger partial charge in [-0.05, 0) is 30.7 Å². The Labute approximate surface area is 183 Å². The van der Waals surface area contributed by atoms with E-state index in [1.165, 1.54) is 11.6 Å². The fourth-order valence-corrected chi connectivity index (χ4v) is 3.29. The van der Waals surface area contributed by atoms with Gasteiger partial charge < -0.3 is 24.5 Å². The van der Waals surface area contributed by atoms with Crippen LogP contribution < -0.4 is 21.3 Å². The zero-order valence-electron chi connectivity index (χ0n) is 17.7. The number of rotatable bonds is 10. The molecule has 10 nitrogen and oxygen atoms in total. The molecule has 0 radical (unpaired) electrons. The Morgan fingerprint density at radius 3 is 2.58 bits per heavy atom. The summed E-state index contributed by atoms with van der Waals surface area (Å²) in [6.45, 7) is 1.15. The van der Waals surface area contributed by atoms with Gasteiger partial charge in [-0.25, -0.2) is 4.79 Å². The predicted molar refractivity (Wildman–Crippen MR) is 118 cm³/mol. The van der Waals surface area contributed by atoms with E-state index in [1.807, 2.05) is 0 Å². The number of benzene rings is 1. The molecule has 0 bridgehead atoms. The van der Waals surface area contributed by atoms with Crippen LogP contribution in [-0.4, -0.2) is 56.8 Å². The molecule has 0 unspecified atom stereocenters. The van der Waals surface area contributed by atoms with Crippen molar-refractivity contribution in [3.63, 3.8) is 0 Å². The first-order chi connectivity index (χ1) is 14.8. The zero-order chi connectivity index (χ0) is 22.5. The summed E-state index contributed by atoms with van der Waals surface area (Å²) in [6.07, 6.45) is -0.214. The molecule has 0 aliphatic rings. The molecule has 0 saturated heterocycles. The van der Waals surface area contributed by atoms with Gasteiger partial charge in [-0.1, -0.05) is 11.6 Å². The molecule has 2 heterocycles. The highest BCUT2D eigenvalue weighted by molar-refractivity contribution is 6.30. The number of fused-ring (bicyclic) bond motifs is 1. The number of aryl methyl sites for hydroxylation is 1. The lowest BCUT2D eigenvalue weighted by Crippen LogP contribution is -2.38. The lowest BCUT2D eigenvalue weighted by Gasteiger charge is -2.16. The van der Waals surface area contributed by atoms with Crippen molar-refractivity contribution in [1.82, 2.24) is 18.7 Å². The molecule has 1 atom stereocenters. The normalized spacial score (nSPS) is 12.3. The maximum absolute atomic E-state index is 12.8. The van der Waals surface area contributed by atoms with Crippen molar-refractivity contribution in [3.8, 4) is 5.75 Å². The van der Waals surface area contributed by atoms with Crippen molar-refractivity contribution < 1.29 is 14.6 Å². The van der Waals surface area contributed by atoms with Gasteiger partial charge in [-0.2, -0.15) is 4.98 Å². The first-order valence-electron chi connectivity index (χ1n) is 9.79. The van der Waals surface area contributed by atoms with Crippen molar-refractivity contribution in [2.24, 2.45) is 14.1 Å². The molecule has 31 heavy (non-hydrogen) atoms. The van der Waals surface area contributed by atoms with Gasteiger partial charge in [-0.15, -0.1) is 0 Å². The number of halogens is 1. The van der Waals surface area contributed by atoms with Crippen LogP contribution in [0.15, 0.2) is 33.9 Å². The lowest BCUT2D eigenvalue weighted by molar-refractivity contribution is 0.0938. The van der Waals surface area contributed by atoms with Crippen LogP contribution in [0.4, 0.5) is 5.95 Å².